The van der Waals surface area contributed by atoms with E-state index < -0.39 is 0 Å². The molecule has 2 unspecified atom stereocenters. The van der Waals surface area contributed by atoms with Crippen LogP contribution in [0.4, 0.5) is 0 Å². The van der Waals surface area contributed by atoms with E-state index in [0.29, 0.717) is 18.1 Å². The third-order valence-corrected chi connectivity index (χ3v) is 8.69. The Balaban J connectivity index is 1.98. The molecule has 0 N–H and O–H groups in total. The van der Waals surface area contributed by atoms with Gasteiger partial charge in [-0.1, -0.05) is 73.8 Å². The number of oxime groups is 1. The second kappa shape index (κ2) is 12.2. The maximum atomic E-state index is 14.3. The smallest absolute Gasteiger partial charge is 0.323 e. The van der Waals surface area contributed by atoms with Gasteiger partial charge in [-0.05, 0) is 76.3 Å². The molecule has 0 saturated carbocycles. The molecule has 2 atom stereocenters. The topological polar surface area (TPSA) is 60.7 Å². The van der Waals surface area contributed by atoms with E-state index in [1.54, 1.807) is 0 Å². The number of carbonyl (C=O) groups is 2. The summed E-state index contributed by atoms with van der Waals surface area (Å²) in [6.45, 7) is 17.9. The fourth-order valence-electron chi connectivity index (χ4n) is 6.35. The molecule has 210 valence electrons. The molecule has 5 nitrogen and oxygen atoms in total. The lowest BCUT2D eigenvalue weighted by atomic mass is 9.72. The van der Waals surface area contributed by atoms with Crippen molar-refractivity contribution >= 4 is 30.1 Å². The van der Waals surface area contributed by atoms with Gasteiger partial charge in [0.25, 0.3) is 0 Å². The average Bonchev–Trinajstić information content (AvgIpc) is 3.19. The van der Waals surface area contributed by atoms with Crippen LogP contribution in [0.1, 0.15) is 96.0 Å². The average molecular weight is 539 g/mol. The van der Waals surface area contributed by atoms with E-state index in [4.69, 9.17) is 0 Å². The van der Waals surface area contributed by atoms with Crippen molar-refractivity contribution in [2.45, 2.75) is 80.7 Å². The summed E-state index contributed by atoms with van der Waals surface area (Å²) in [6, 6.07) is 4.20. The molecule has 2 aliphatic rings. The first-order chi connectivity index (χ1) is 19.1. The molecule has 40 heavy (non-hydrogen) atoms. The lowest BCUT2D eigenvalue weighted by Gasteiger charge is -2.33. The van der Waals surface area contributed by atoms with Crippen LogP contribution in [0.5, 0.6) is 0 Å². The van der Waals surface area contributed by atoms with E-state index in [1.807, 2.05) is 27.7 Å². The first kappa shape index (κ1) is 29.3. The van der Waals surface area contributed by atoms with Crippen LogP contribution >= 0.6 is 0 Å². The Kier molecular flexibility index (Phi) is 8.92. The molecule has 0 bridgehead atoms. The Labute approximate surface area is 239 Å². The number of aryl methyl sites for hydroxylation is 3. The van der Waals surface area contributed by atoms with Crippen LogP contribution in [0.2, 0.25) is 0 Å². The summed E-state index contributed by atoms with van der Waals surface area (Å²) >= 11 is 0. The minimum atomic E-state index is -0.0259. The third kappa shape index (κ3) is 5.47. The van der Waals surface area contributed by atoms with Crippen LogP contribution in [0.25, 0.3) is 12.2 Å². The Morgan fingerprint density at radius 3 is 2.25 bits per heavy atom. The van der Waals surface area contributed by atoms with Gasteiger partial charge in [0.05, 0.1) is 5.71 Å². The van der Waals surface area contributed by atoms with Crippen LogP contribution in [-0.2, 0) is 16.2 Å². The molecule has 0 saturated heterocycles. The molecule has 2 aromatic rings. The summed E-state index contributed by atoms with van der Waals surface area (Å²) < 4.78 is 2.49. The predicted molar refractivity (Wildman–Crippen MR) is 165 cm³/mol. The van der Waals surface area contributed by atoms with Crippen molar-refractivity contribution in [2.75, 3.05) is 0 Å². The summed E-state index contributed by atoms with van der Waals surface area (Å²) in [4.78, 5) is 29.7. The molecule has 5 heteroatoms. The van der Waals surface area contributed by atoms with Gasteiger partial charge in [-0.3, -0.25) is 9.59 Å². The van der Waals surface area contributed by atoms with Gasteiger partial charge in [0.2, 0.25) is 0 Å². The van der Waals surface area contributed by atoms with Crippen molar-refractivity contribution < 1.29 is 14.4 Å². The van der Waals surface area contributed by atoms with Gasteiger partial charge in [0, 0.05) is 52.0 Å². The Morgan fingerprint density at radius 1 is 1.02 bits per heavy atom. The maximum absolute atomic E-state index is 14.3. The number of benzene rings is 1. The van der Waals surface area contributed by atoms with Crippen molar-refractivity contribution in [1.29, 1.82) is 0 Å². The molecule has 1 heterocycles. The normalized spacial score (nSPS) is 18.5. The van der Waals surface area contributed by atoms with Crippen LogP contribution in [-0.4, -0.2) is 22.5 Å². The fourth-order valence-corrected chi connectivity index (χ4v) is 6.35. The number of Topliss-reactive ketones (excluding diaryl/α,β-unsaturated/α-hetero) is 1. The number of carbonyl (C=O) groups excluding carboxylic acids is 2. The third-order valence-electron chi connectivity index (χ3n) is 8.69. The van der Waals surface area contributed by atoms with Crippen LogP contribution in [0, 0.1) is 39.5 Å². The summed E-state index contributed by atoms with van der Waals surface area (Å²) in [6.07, 6.45) is 15.1. The van der Waals surface area contributed by atoms with Crippen LogP contribution < -0.4 is 0 Å². The predicted octanol–water partition coefficient (Wildman–Crippen LogP) is 8.22. The molecule has 2 aliphatic carbocycles. The maximum Gasteiger partial charge on any atom is 0.323 e. The molecule has 4 rings (SSSR count). The van der Waals surface area contributed by atoms with E-state index in [1.165, 1.54) is 11.4 Å². The molecule has 0 fully saturated rings. The van der Waals surface area contributed by atoms with Gasteiger partial charge < -0.3 is 9.40 Å². The zero-order valence-electron chi connectivity index (χ0n) is 25.2. The number of nitrogens with zero attached hydrogens (tertiary/aromatic N) is 2. The first-order valence-electron chi connectivity index (χ1n) is 14.4. The number of hydrogen-bond donors (Lipinski definition) is 0. The van der Waals surface area contributed by atoms with E-state index >= 15 is 0 Å². The lowest BCUT2D eigenvalue weighted by molar-refractivity contribution is -0.128. The van der Waals surface area contributed by atoms with E-state index in [0.717, 1.165) is 63.9 Å². The molecule has 0 spiro atoms. The second-order valence-corrected chi connectivity index (χ2v) is 11.3. The van der Waals surface area contributed by atoms with Gasteiger partial charge >= 0.3 is 6.47 Å². The highest BCUT2D eigenvalue weighted by Gasteiger charge is 2.38. The first-order valence-corrected chi connectivity index (χ1v) is 14.4. The van der Waals surface area contributed by atoms with Crippen LogP contribution in [0.3, 0.4) is 0 Å². The van der Waals surface area contributed by atoms with Crippen molar-refractivity contribution in [3.05, 3.63) is 92.4 Å². The monoisotopic (exact) mass is 538 g/mol. The Bertz CT molecular complexity index is 1450. The number of fused-ring (bicyclic) bond motifs is 3. The van der Waals surface area contributed by atoms with Crippen molar-refractivity contribution in [2.24, 2.45) is 17.0 Å². The fraction of sp³-hybridized carbons (Fsp3) is 0.400. The van der Waals surface area contributed by atoms with Gasteiger partial charge in [-0.15, -0.1) is 0 Å². The summed E-state index contributed by atoms with van der Waals surface area (Å²) in [5, 5.41) is 3.92. The minimum absolute atomic E-state index is 0.0259. The largest absolute Gasteiger partial charge is 0.347 e. The zero-order chi connectivity index (χ0) is 29.1. The highest BCUT2D eigenvalue weighted by molar-refractivity contribution is 6.14. The molecule has 1 aromatic carbocycles. The standard InChI is InChI=1S/C35H42N2O3/c1-9-27(10-2)19-37-26(8)30(17-22(4)25(7)36-40-20-38)31-18-32(28-13-11-12-14-29(28)34(31)37)35(39)33-23(5)15-21(3)16-24(33)6/h11-18,20,27-29H,9-10,19H2,1-8H3. The van der Waals surface area contributed by atoms with Gasteiger partial charge in [0.1, 0.15) is 0 Å². The van der Waals surface area contributed by atoms with Gasteiger partial charge in [-0.2, -0.15) is 0 Å². The Morgan fingerprint density at radius 2 is 1.65 bits per heavy atom. The second-order valence-electron chi connectivity index (χ2n) is 11.3. The number of ketones is 1. The van der Waals surface area contributed by atoms with Gasteiger partial charge in [0.15, 0.2) is 5.78 Å². The summed E-state index contributed by atoms with van der Waals surface area (Å²) in [7, 11) is 0. The lowest BCUT2D eigenvalue weighted by Crippen LogP contribution is -2.26. The van der Waals surface area contributed by atoms with Gasteiger partial charge in [-0.25, -0.2) is 0 Å². The summed E-state index contributed by atoms with van der Waals surface area (Å²) in [5.74, 6) is 0.703. The SMILES string of the molecule is CCC(CC)Cn1c(C)c(C=C(C)C(C)=NOC=O)c2c1C1C=CC=CC1C(C(=O)c1c(C)cc(C)cc1C)=C2. The number of aromatic nitrogens is 1. The quantitative estimate of drug-likeness (QED) is 0.101. The number of rotatable bonds is 10. The van der Waals surface area contributed by atoms with Crippen LogP contribution in [0.15, 0.2) is 52.7 Å². The number of allylic oxidation sites excluding steroid dienone is 6. The zero-order valence-corrected chi connectivity index (χ0v) is 25.2. The Hall–Kier alpha value is -3.73. The molecular formula is C35H42N2O3. The minimum Gasteiger partial charge on any atom is -0.347 e. The molecule has 0 amide bonds. The highest BCUT2D eigenvalue weighted by Crippen LogP contribution is 2.47. The van der Waals surface area contributed by atoms with E-state index in [2.05, 4.69) is 90.8 Å². The molecule has 1 aromatic heterocycles. The molecule has 0 aliphatic heterocycles. The summed E-state index contributed by atoms with van der Waals surface area (Å²) in [5.41, 5.74) is 11.0. The van der Waals surface area contributed by atoms with E-state index in [-0.39, 0.29) is 17.6 Å². The highest BCUT2D eigenvalue weighted by atomic mass is 16.7. The van der Waals surface area contributed by atoms with Crippen molar-refractivity contribution in [1.82, 2.24) is 4.57 Å². The molecule has 0 radical (unpaired) electrons. The van der Waals surface area contributed by atoms with Crippen molar-refractivity contribution in [3.63, 3.8) is 0 Å². The van der Waals surface area contributed by atoms with Crippen molar-refractivity contribution in [3.8, 4) is 0 Å². The van der Waals surface area contributed by atoms with E-state index in [9.17, 15) is 9.59 Å². The molecular weight excluding hydrogens is 496 g/mol. The number of hydrogen-bond acceptors (Lipinski definition) is 4.